The van der Waals surface area contributed by atoms with E-state index in [0.717, 1.165) is 17.3 Å². The zero-order valence-corrected chi connectivity index (χ0v) is 21.0. The fourth-order valence-electron chi connectivity index (χ4n) is 4.23. The predicted octanol–water partition coefficient (Wildman–Crippen LogP) is 4.74. The second-order valence-corrected chi connectivity index (χ2v) is 9.58. The summed E-state index contributed by atoms with van der Waals surface area (Å²) in [5.41, 5.74) is 7.02. The number of thiophene rings is 1. The van der Waals surface area contributed by atoms with E-state index in [-0.39, 0.29) is 32.8 Å². The number of anilines is 1. The molecule has 3 N–H and O–H groups in total. The van der Waals surface area contributed by atoms with Crippen LogP contribution in [0.3, 0.4) is 0 Å². The third-order valence-electron chi connectivity index (χ3n) is 6.05. The number of nitrogens with two attached hydrogens (primary N) is 1. The maximum atomic E-state index is 13.7. The van der Waals surface area contributed by atoms with Crippen LogP contribution < -0.4 is 11.1 Å². The van der Waals surface area contributed by atoms with Crippen molar-refractivity contribution < 1.29 is 27.6 Å². The monoisotopic (exact) mass is 542 g/mol. The number of nitrogens with zero attached hydrogens (tertiary/aromatic N) is 4. The van der Waals surface area contributed by atoms with E-state index < -0.39 is 29.8 Å². The molecule has 0 bridgehead atoms. The van der Waals surface area contributed by atoms with Crippen LogP contribution in [0.15, 0.2) is 47.8 Å². The highest BCUT2D eigenvalue weighted by Gasteiger charge is 2.36. The number of alkyl halides is 3. The van der Waals surface area contributed by atoms with Crippen molar-refractivity contribution in [2.24, 2.45) is 10.9 Å². The Morgan fingerprint density at radius 3 is 2.61 bits per heavy atom. The van der Waals surface area contributed by atoms with Crippen LogP contribution in [-0.2, 0) is 22.4 Å². The van der Waals surface area contributed by atoms with Crippen LogP contribution in [-0.4, -0.2) is 38.4 Å². The molecule has 0 saturated carbocycles. The molecular weight excluding hydrogens is 521 g/mol. The van der Waals surface area contributed by atoms with Crippen LogP contribution in [0.25, 0.3) is 21.3 Å². The number of aryl methyl sites for hydroxylation is 2. The number of aromatic nitrogens is 3. The van der Waals surface area contributed by atoms with Gasteiger partial charge >= 0.3 is 6.18 Å². The number of nitrogens with one attached hydrogen (secondary N) is 1. The average Bonchev–Trinajstić information content (AvgIpc) is 3.60. The number of oxime groups is 1. The quantitative estimate of drug-likeness (QED) is 0.364. The van der Waals surface area contributed by atoms with Gasteiger partial charge < -0.3 is 15.9 Å². The number of hydrogen-bond donors (Lipinski definition) is 2. The maximum Gasteiger partial charge on any atom is 0.433 e. The molecule has 3 aromatic heterocycles. The van der Waals surface area contributed by atoms with E-state index in [1.54, 1.807) is 35.0 Å². The fraction of sp³-hybridized carbons (Fsp3) is 0.240. The summed E-state index contributed by atoms with van der Waals surface area (Å²) < 4.78 is 42.7. The normalized spacial score (nSPS) is 15.4. The Hall–Kier alpha value is -4.26. The molecule has 0 saturated heterocycles. The van der Waals surface area contributed by atoms with Crippen LogP contribution >= 0.6 is 11.3 Å². The number of fused-ring (bicyclic) bond motifs is 1. The van der Waals surface area contributed by atoms with Gasteiger partial charge in [0.1, 0.15) is 15.4 Å². The second kappa shape index (κ2) is 9.56. The number of pyridine rings is 1. The molecule has 9 nitrogen and oxygen atoms in total. The van der Waals surface area contributed by atoms with Gasteiger partial charge in [0.15, 0.2) is 0 Å². The number of carbonyl (C=O) groups is 2. The molecule has 4 heterocycles. The molecule has 1 aliphatic rings. The van der Waals surface area contributed by atoms with Gasteiger partial charge in [-0.05, 0) is 31.0 Å². The lowest BCUT2D eigenvalue weighted by Crippen LogP contribution is -2.29. The standard InChI is InChI=1S/C25H21F3N6O3S/c1-3-34-11-15(12(2)32-34)16-10-17(37-33-16)23(36)31-20-19-14(13-7-5-4-6-8-13)9-18(25(26,27)28)30-24(19)38-21(20)22(29)35/h4-9,11,17H,3,10H2,1-2H3,(H2,29,35)(H,31,36). The summed E-state index contributed by atoms with van der Waals surface area (Å²) in [6.45, 7) is 4.42. The van der Waals surface area contributed by atoms with Crippen LogP contribution in [0.1, 0.15) is 40.0 Å². The highest BCUT2D eigenvalue weighted by molar-refractivity contribution is 7.21. The van der Waals surface area contributed by atoms with Crippen LogP contribution in [0.4, 0.5) is 18.9 Å². The fourth-order valence-corrected chi connectivity index (χ4v) is 5.23. The molecule has 0 fully saturated rings. The molecule has 1 unspecified atom stereocenters. The summed E-state index contributed by atoms with van der Waals surface area (Å²) in [7, 11) is 0. The Morgan fingerprint density at radius 1 is 1.24 bits per heavy atom. The van der Waals surface area contributed by atoms with E-state index in [1.165, 1.54) is 0 Å². The van der Waals surface area contributed by atoms with Crippen molar-refractivity contribution in [2.75, 3.05) is 5.32 Å². The summed E-state index contributed by atoms with van der Waals surface area (Å²) in [4.78, 5) is 34.5. The Morgan fingerprint density at radius 2 is 1.97 bits per heavy atom. The van der Waals surface area contributed by atoms with Gasteiger partial charge in [0.25, 0.3) is 11.8 Å². The van der Waals surface area contributed by atoms with Crippen molar-refractivity contribution in [1.29, 1.82) is 0 Å². The maximum absolute atomic E-state index is 13.7. The molecule has 5 rings (SSSR count). The minimum Gasteiger partial charge on any atom is -0.382 e. The first-order valence-electron chi connectivity index (χ1n) is 11.5. The highest BCUT2D eigenvalue weighted by atomic mass is 32.1. The minimum absolute atomic E-state index is 0.0189. The number of halogens is 3. The third kappa shape index (κ3) is 4.60. The van der Waals surface area contributed by atoms with Gasteiger partial charge in [-0.15, -0.1) is 11.3 Å². The Bertz CT molecular complexity index is 1590. The first-order valence-corrected chi connectivity index (χ1v) is 12.4. The topological polar surface area (TPSA) is 124 Å². The highest BCUT2D eigenvalue weighted by Crippen LogP contribution is 2.43. The summed E-state index contributed by atoms with van der Waals surface area (Å²) >= 11 is 0.679. The third-order valence-corrected chi connectivity index (χ3v) is 7.15. The van der Waals surface area contributed by atoms with Gasteiger partial charge in [-0.2, -0.15) is 18.3 Å². The molecule has 38 heavy (non-hydrogen) atoms. The van der Waals surface area contributed by atoms with Crippen molar-refractivity contribution in [3.63, 3.8) is 0 Å². The molecule has 0 aliphatic carbocycles. The van der Waals surface area contributed by atoms with Gasteiger partial charge in [0.2, 0.25) is 6.10 Å². The second-order valence-electron chi connectivity index (χ2n) is 8.58. The van der Waals surface area contributed by atoms with Crippen molar-refractivity contribution in [2.45, 2.75) is 39.1 Å². The Balaban J connectivity index is 1.54. The van der Waals surface area contributed by atoms with Crippen molar-refractivity contribution in [3.05, 3.63) is 64.4 Å². The van der Waals surface area contributed by atoms with Crippen LogP contribution in [0.5, 0.6) is 0 Å². The zero-order chi connectivity index (χ0) is 27.2. The smallest absolute Gasteiger partial charge is 0.382 e. The van der Waals surface area contributed by atoms with Gasteiger partial charge in [0.05, 0.1) is 17.1 Å². The first-order chi connectivity index (χ1) is 18.1. The Kier molecular flexibility index (Phi) is 6.39. The van der Waals surface area contributed by atoms with Crippen LogP contribution in [0, 0.1) is 6.92 Å². The minimum atomic E-state index is -4.73. The van der Waals surface area contributed by atoms with Crippen molar-refractivity contribution in [1.82, 2.24) is 14.8 Å². The van der Waals surface area contributed by atoms with Crippen molar-refractivity contribution in [3.8, 4) is 11.1 Å². The van der Waals surface area contributed by atoms with Crippen LogP contribution in [0.2, 0.25) is 0 Å². The van der Waals surface area contributed by atoms with Gasteiger partial charge in [-0.1, -0.05) is 35.5 Å². The molecule has 1 aliphatic heterocycles. The summed E-state index contributed by atoms with van der Waals surface area (Å²) in [5, 5.41) is 11.3. The lowest BCUT2D eigenvalue weighted by atomic mass is 10.0. The molecule has 4 aromatic rings. The molecule has 0 radical (unpaired) electrons. The number of carbonyl (C=O) groups excluding carboxylic acids is 2. The van der Waals surface area contributed by atoms with E-state index in [0.29, 0.717) is 29.2 Å². The summed E-state index contributed by atoms with van der Waals surface area (Å²) in [6.07, 6.45) is -3.82. The van der Waals surface area contributed by atoms with E-state index >= 15 is 0 Å². The number of primary amides is 1. The molecule has 1 atom stereocenters. The summed E-state index contributed by atoms with van der Waals surface area (Å²) in [6, 6.07) is 9.21. The summed E-state index contributed by atoms with van der Waals surface area (Å²) in [5.74, 6) is -1.55. The molecule has 196 valence electrons. The molecular formula is C25H21F3N6O3S. The molecule has 0 spiro atoms. The number of rotatable bonds is 6. The molecule has 2 amide bonds. The number of hydrogen-bond acceptors (Lipinski definition) is 7. The van der Waals surface area contributed by atoms with E-state index in [9.17, 15) is 22.8 Å². The number of benzene rings is 1. The van der Waals surface area contributed by atoms with Gasteiger partial charge in [0, 0.05) is 30.1 Å². The lowest BCUT2D eigenvalue weighted by molar-refractivity contribution is -0.140. The number of amides is 2. The largest absolute Gasteiger partial charge is 0.433 e. The molecule has 13 heteroatoms. The van der Waals surface area contributed by atoms with Gasteiger partial charge in [-0.25, -0.2) is 4.98 Å². The predicted molar refractivity (Wildman–Crippen MR) is 136 cm³/mol. The first kappa shape index (κ1) is 25.4. The average molecular weight is 543 g/mol. The lowest BCUT2D eigenvalue weighted by Gasteiger charge is -2.13. The molecule has 1 aromatic carbocycles. The van der Waals surface area contributed by atoms with E-state index in [2.05, 4.69) is 20.6 Å². The Labute approximate surface area is 218 Å². The van der Waals surface area contributed by atoms with Crippen molar-refractivity contribution >= 4 is 44.8 Å². The van der Waals surface area contributed by atoms with Gasteiger partial charge in [-0.3, -0.25) is 14.3 Å². The SMILES string of the molecule is CCn1cc(C2=NOC(C(=O)Nc3c(C(N)=O)sc4nc(C(F)(F)F)cc(-c5ccccc5)c34)C2)c(C)n1. The van der Waals surface area contributed by atoms with E-state index in [4.69, 9.17) is 10.6 Å². The zero-order valence-electron chi connectivity index (χ0n) is 20.2. The van der Waals surface area contributed by atoms with E-state index in [1.807, 2.05) is 20.0 Å².